The number of carboxylic acid groups (broad SMARTS) is 1. The van der Waals surface area contributed by atoms with Gasteiger partial charge in [0.05, 0.1) is 6.61 Å². The first kappa shape index (κ1) is 18.6. The van der Waals surface area contributed by atoms with Crippen LogP contribution in [-0.2, 0) is 14.3 Å². The van der Waals surface area contributed by atoms with Gasteiger partial charge in [-0.25, -0.2) is 19.8 Å². The average Bonchev–Trinajstić information content (AvgIpc) is 2.05. The number of isocyanates is 1. The molecule has 0 unspecified atom stereocenters. The lowest BCUT2D eigenvalue weighted by Gasteiger charge is -1.89. The summed E-state index contributed by atoms with van der Waals surface area (Å²) >= 11 is 0. The average molecular weight is 218 g/mol. The zero-order chi connectivity index (χ0) is 12.9. The van der Waals surface area contributed by atoms with Crippen molar-refractivity contribution in [3.8, 4) is 0 Å². The normalized spacial score (nSPS) is 6.53. The van der Waals surface area contributed by atoms with E-state index < -0.39 is 12.1 Å². The quantitative estimate of drug-likeness (QED) is 0.355. The molecule has 0 aliphatic rings. The first-order valence-corrected chi connectivity index (χ1v) is 3.68. The van der Waals surface area contributed by atoms with E-state index in [0.29, 0.717) is 6.61 Å². The Labute approximate surface area is 87.0 Å². The summed E-state index contributed by atoms with van der Waals surface area (Å²) in [5, 5.41) is 13.3. The Balaban J connectivity index is -0.000000153. The highest BCUT2D eigenvalue weighted by atomic mass is 16.5. The Kier molecular flexibility index (Phi) is 17.8. The minimum Gasteiger partial charge on any atom is -0.478 e. The third-order valence-corrected chi connectivity index (χ3v) is 0.652. The van der Waals surface area contributed by atoms with Crippen LogP contribution in [0.25, 0.3) is 0 Å². The van der Waals surface area contributed by atoms with Crippen LogP contribution in [0.3, 0.4) is 0 Å². The van der Waals surface area contributed by atoms with Gasteiger partial charge in [0.25, 0.3) is 0 Å². The van der Waals surface area contributed by atoms with Gasteiger partial charge in [-0.2, -0.15) is 0 Å². The molecule has 0 spiro atoms. The number of amides is 1. The highest BCUT2D eigenvalue weighted by molar-refractivity contribution is 5.84. The first-order chi connectivity index (χ1) is 6.83. The number of ether oxygens (including phenoxy) is 1. The topological polar surface area (TPSA) is 131 Å². The van der Waals surface area contributed by atoms with Gasteiger partial charge in [0.2, 0.25) is 6.08 Å². The van der Waals surface area contributed by atoms with Crippen molar-refractivity contribution in [2.75, 3.05) is 6.61 Å². The van der Waals surface area contributed by atoms with Gasteiger partial charge in [-0.05, 0) is 13.8 Å². The lowest BCUT2D eigenvalue weighted by Crippen LogP contribution is -2.11. The zero-order valence-electron chi connectivity index (χ0n) is 8.57. The second-order valence-electron chi connectivity index (χ2n) is 1.94. The molecule has 0 aromatic rings. The van der Waals surface area contributed by atoms with Gasteiger partial charge in [0, 0.05) is 5.57 Å². The molecular weight excluding hydrogens is 204 g/mol. The van der Waals surface area contributed by atoms with Crippen molar-refractivity contribution in [2.24, 2.45) is 5.73 Å². The number of nitrogens with one attached hydrogen (secondary N) is 1. The van der Waals surface area contributed by atoms with Gasteiger partial charge in [0.15, 0.2) is 0 Å². The maximum atomic E-state index is 9.60. The molecule has 15 heavy (non-hydrogen) atoms. The molecule has 0 saturated carbocycles. The number of carbonyl (C=O) groups excluding carboxylic acids is 2. The predicted molar refractivity (Wildman–Crippen MR) is 52.1 cm³/mol. The van der Waals surface area contributed by atoms with Gasteiger partial charge >= 0.3 is 12.1 Å². The molecule has 0 atom stereocenters. The minimum absolute atomic E-state index is 0.176. The second kappa shape index (κ2) is 14.4. The van der Waals surface area contributed by atoms with Crippen LogP contribution in [0.2, 0.25) is 0 Å². The SMILES string of the molecule is C=C(C)C(=O)O.CCOC(N)=O.N=C=O. The van der Waals surface area contributed by atoms with Gasteiger partial charge in [0.1, 0.15) is 0 Å². The Morgan fingerprint density at radius 1 is 1.60 bits per heavy atom. The fourth-order valence-electron chi connectivity index (χ4n) is 0.142. The third-order valence-electron chi connectivity index (χ3n) is 0.652. The summed E-state index contributed by atoms with van der Waals surface area (Å²) in [7, 11) is 0. The van der Waals surface area contributed by atoms with Crippen molar-refractivity contribution < 1.29 is 24.2 Å². The number of nitrogens with two attached hydrogens (primary N) is 1. The van der Waals surface area contributed by atoms with E-state index in [1.807, 2.05) is 0 Å². The van der Waals surface area contributed by atoms with Crippen molar-refractivity contribution in [2.45, 2.75) is 13.8 Å². The van der Waals surface area contributed by atoms with E-state index in [1.54, 1.807) is 6.92 Å². The molecule has 0 aliphatic heterocycles. The Morgan fingerprint density at radius 3 is 1.87 bits per heavy atom. The summed E-state index contributed by atoms with van der Waals surface area (Å²) in [5.41, 5.74) is 4.72. The molecule has 0 radical (unpaired) electrons. The highest BCUT2D eigenvalue weighted by Gasteiger charge is 1.90. The highest BCUT2D eigenvalue weighted by Crippen LogP contribution is 1.81. The van der Waals surface area contributed by atoms with E-state index in [0.717, 1.165) is 6.08 Å². The molecule has 0 aliphatic carbocycles. The fourth-order valence-corrected chi connectivity index (χ4v) is 0.142. The van der Waals surface area contributed by atoms with E-state index in [4.69, 9.17) is 15.3 Å². The van der Waals surface area contributed by atoms with Crippen molar-refractivity contribution in [1.29, 1.82) is 5.41 Å². The molecule has 0 fully saturated rings. The molecule has 0 aromatic heterocycles. The van der Waals surface area contributed by atoms with Crippen LogP contribution in [0, 0.1) is 5.41 Å². The molecule has 4 N–H and O–H groups in total. The summed E-state index contributed by atoms with van der Waals surface area (Å²) in [6, 6.07) is 0. The van der Waals surface area contributed by atoms with E-state index >= 15 is 0 Å². The molecular formula is C8H14N2O5. The summed E-state index contributed by atoms with van der Waals surface area (Å²) in [5.74, 6) is -0.935. The van der Waals surface area contributed by atoms with Crippen molar-refractivity contribution in [1.82, 2.24) is 0 Å². The number of carbonyl (C=O) groups is 2. The monoisotopic (exact) mass is 218 g/mol. The molecule has 0 rings (SSSR count). The van der Waals surface area contributed by atoms with Crippen molar-refractivity contribution >= 4 is 18.1 Å². The van der Waals surface area contributed by atoms with Crippen LogP contribution in [0.1, 0.15) is 13.8 Å². The lowest BCUT2D eigenvalue weighted by atomic mass is 10.4. The number of hydrogen-bond donors (Lipinski definition) is 3. The molecule has 7 nitrogen and oxygen atoms in total. The van der Waals surface area contributed by atoms with Crippen molar-refractivity contribution in [3.63, 3.8) is 0 Å². The van der Waals surface area contributed by atoms with Crippen LogP contribution < -0.4 is 5.73 Å². The first-order valence-electron chi connectivity index (χ1n) is 3.68. The number of rotatable bonds is 2. The maximum absolute atomic E-state index is 9.60. The van der Waals surface area contributed by atoms with Crippen LogP contribution in [-0.4, -0.2) is 29.9 Å². The predicted octanol–water partition coefficient (Wildman–Crippen LogP) is 0.650. The third kappa shape index (κ3) is 48.8. The van der Waals surface area contributed by atoms with Crippen LogP contribution >= 0.6 is 0 Å². The summed E-state index contributed by atoms with van der Waals surface area (Å²) in [6.07, 6.45) is 0.0394. The van der Waals surface area contributed by atoms with Crippen LogP contribution in [0.15, 0.2) is 12.2 Å². The van der Waals surface area contributed by atoms with Gasteiger partial charge in [-0.3, -0.25) is 0 Å². The number of carboxylic acids is 1. The molecule has 0 aromatic carbocycles. The lowest BCUT2D eigenvalue weighted by molar-refractivity contribution is -0.132. The number of primary amides is 1. The largest absolute Gasteiger partial charge is 0.478 e. The maximum Gasteiger partial charge on any atom is 0.404 e. The van der Waals surface area contributed by atoms with Gasteiger partial charge in [-0.1, -0.05) is 6.58 Å². The Hall–Kier alpha value is -2.14. The Morgan fingerprint density at radius 2 is 1.87 bits per heavy atom. The number of hydrogen-bond acceptors (Lipinski definition) is 5. The molecule has 0 saturated heterocycles. The van der Waals surface area contributed by atoms with Gasteiger partial charge in [-0.15, -0.1) is 0 Å². The van der Waals surface area contributed by atoms with Crippen LogP contribution in [0.4, 0.5) is 4.79 Å². The van der Waals surface area contributed by atoms with Crippen molar-refractivity contribution in [3.05, 3.63) is 12.2 Å². The number of aliphatic carboxylic acids is 1. The van der Waals surface area contributed by atoms with Gasteiger partial charge < -0.3 is 15.6 Å². The van der Waals surface area contributed by atoms with Crippen LogP contribution in [0.5, 0.6) is 0 Å². The van der Waals surface area contributed by atoms with E-state index in [2.05, 4.69) is 17.0 Å². The molecule has 86 valence electrons. The summed E-state index contributed by atoms with van der Waals surface area (Å²) in [4.78, 5) is 27.5. The summed E-state index contributed by atoms with van der Waals surface area (Å²) < 4.78 is 4.18. The minimum atomic E-state index is -0.935. The van der Waals surface area contributed by atoms with E-state index in [-0.39, 0.29) is 5.57 Å². The van der Waals surface area contributed by atoms with E-state index in [1.165, 1.54) is 6.92 Å². The Bertz CT molecular complexity index is 231. The molecule has 7 heteroatoms. The zero-order valence-corrected chi connectivity index (χ0v) is 8.57. The molecule has 0 bridgehead atoms. The smallest absolute Gasteiger partial charge is 0.404 e. The molecule has 0 heterocycles. The van der Waals surface area contributed by atoms with E-state index in [9.17, 15) is 9.59 Å². The summed E-state index contributed by atoms with van der Waals surface area (Å²) in [6.45, 7) is 6.66. The second-order valence-corrected chi connectivity index (χ2v) is 1.94. The fraction of sp³-hybridized carbons (Fsp3) is 0.375. The standard InChI is InChI=1S/C4H6O2.C3H7NO2.CHNO/c1-3(2)4(5)6;1-2-6-3(4)5;2-1-3/h1H2,2H3,(H,5,6);2H2,1H3,(H2,4,5);2H. The molecule has 1 amide bonds.